The lowest BCUT2D eigenvalue weighted by atomic mass is 9.93. The summed E-state index contributed by atoms with van der Waals surface area (Å²) in [5, 5.41) is 5.88. The SMILES string of the molecule is O=C1C(=CNc2ccc(NC=C3C(=O)N(c4ccccc4C(F)(F)F)C(=O)c4ccccc43)cc2)c2ccccc2C(=O)N1c1ccccc1C(F)(F)F. The van der Waals surface area contributed by atoms with E-state index in [-0.39, 0.29) is 33.4 Å². The highest BCUT2D eigenvalue weighted by Crippen LogP contribution is 2.42. The van der Waals surface area contributed by atoms with Crippen LogP contribution in [0.25, 0.3) is 11.1 Å². The van der Waals surface area contributed by atoms with Crippen LogP contribution >= 0.6 is 0 Å². The molecule has 4 amide bonds. The smallest absolute Gasteiger partial charge is 0.361 e. The highest BCUT2D eigenvalue weighted by atomic mass is 19.4. The summed E-state index contributed by atoms with van der Waals surface area (Å²) in [5.74, 6) is -3.78. The van der Waals surface area contributed by atoms with Crippen molar-refractivity contribution in [2.75, 3.05) is 20.4 Å². The van der Waals surface area contributed by atoms with Gasteiger partial charge in [0.1, 0.15) is 0 Å². The first-order chi connectivity index (χ1) is 25.8. The number of imide groups is 2. The van der Waals surface area contributed by atoms with Crippen LogP contribution in [0.4, 0.5) is 49.1 Å². The number of alkyl halides is 6. The Labute approximate surface area is 302 Å². The molecular weight excluding hydrogens is 714 g/mol. The second-order valence-corrected chi connectivity index (χ2v) is 12.0. The van der Waals surface area contributed by atoms with Gasteiger partial charge in [-0.1, -0.05) is 60.7 Å². The minimum absolute atomic E-state index is 0.0238. The molecule has 0 spiro atoms. The van der Waals surface area contributed by atoms with Gasteiger partial charge in [-0.05, 0) is 60.7 Å². The Morgan fingerprint density at radius 2 is 0.722 bits per heavy atom. The van der Waals surface area contributed by atoms with Crippen LogP contribution in [0.2, 0.25) is 0 Å². The van der Waals surface area contributed by atoms with E-state index in [1.807, 2.05) is 0 Å². The molecule has 2 aliphatic heterocycles. The molecule has 0 unspecified atom stereocenters. The Balaban J connectivity index is 1.16. The van der Waals surface area contributed by atoms with Gasteiger partial charge in [0.2, 0.25) is 0 Å². The summed E-state index contributed by atoms with van der Waals surface area (Å²) in [6, 6.07) is 27.0. The summed E-state index contributed by atoms with van der Waals surface area (Å²) in [4.78, 5) is 55.2. The van der Waals surface area contributed by atoms with Crippen molar-refractivity contribution in [3.05, 3.63) is 167 Å². The number of fused-ring (bicyclic) bond motifs is 2. The molecule has 2 heterocycles. The molecule has 0 aromatic heterocycles. The van der Waals surface area contributed by atoms with E-state index >= 15 is 0 Å². The second-order valence-electron chi connectivity index (χ2n) is 12.0. The fourth-order valence-corrected chi connectivity index (χ4v) is 6.21. The largest absolute Gasteiger partial charge is 0.418 e. The first-order valence-electron chi connectivity index (χ1n) is 16.1. The van der Waals surface area contributed by atoms with Gasteiger partial charge in [0.15, 0.2) is 0 Å². The summed E-state index contributed by atoms with van der Waals surface area (Å²) in [7, 11) is 0. The second kappa shape index (κ2) is 13.5. The van der Waals surface area contributed by atoms with Crippen molar-refractivity contribution in [2.45, 2.75) is 12.4 Å². The van der Waals surface area contributed by atoms with Gasteiger partial charge in [-0.3, -0.25) is 19.2 Å². The van der Waals surface area contributed by atoms with E-state index in [9.17, 15) is 45.5 Å². The van der Waals surface area contributed by atoms with Gasteiger partial charge in [-0.25, -0.2) is 9.80 Å². The topological polar surface area (TPSA) is 98.8 Å². The number of amides is 4. The van der Waals surface area contributed by atoms with Crippen LogP contribution in [0.5, 0.6) is 0 Å². The summed E-state index contributed by atoms with van der Waals surface area (Å²) < 4.78 is 83.4. The highest BCUT2D eigenvalue weighted by molar-refractivity contribution is 6.42. The molecule has 5 aromatic carbocycles. The maximum Gasteiger partial charge on any atom is 0.418 e. The summed E-state index contributed by atoms with van der Waals surface area (Å²) in [6.07, 6.45) is -7.12. The van der Waals surface area contributed by atoms with Crippen molar-refractivity contribution >= 4 is 57.5 Å². The predicted molar refractivity (Wildman–Crippen MR) is 189 cm³/mol. The van der Waals surface area contributed by atoms with Crippen LogP contribution in [0.15, 0.2) is 134 Å². The highest BCUT2D eigenvalue weighted by Gasteiger charge is 2.43. The molecule has 54 heavy (non-hydrogen) atoms. The molecule has 2 aliphatic rings. The van der Waals surface area contributed by atoms with Crippen LogP contribution in [0.3, 0.4) is 0 Å². The van der Waals surface area contributed by atoms with E-state index in [2.05, 4.69) is 10.6 Å². The summed E-state index contributed by atoms with van der Waals surface area (Å²) in [6.45, 7) is 0. The number of benzene rings is 5. The molecule has 0 radical (unpaired) electrons. The number of carbonyl (C=O) groups excluding carboxylic acids is 4. The van der Waals surface area contributed by atoms with Gasteiger partial charge in [-0.15, -0.1) is 0 Å². The van der Waals surface area contributed by atoms with Crippen molar-refractivity contribution in [1.82, 2.24) is 0 Å². The van der Waals surface area contributed by atoms with Crippen LogP contribution in [-0.4, -0.2) is 23.6 Å². The van der Waals surface area contributed by atoms with E-state index in [1.165, 1.54) is 60.9 Å². The van der Waals surface area contributed by atoms with E-state index in [4.69, 9.17) is 0 Å². The molecule has 14 heteroatoms. The number of halogens is 6. The summed E-state index contributed by atoms with van der Waals surface area (Å²) in [5.41, 5.74) is -2.35. The van der Waals surface area contributed by atoms with Crippen molar-refractivity contribution in [3.8, 4) is 0 Å². The minimum Gasteiger partial charge on any atom is -0.361 e. The Morgan fingerprint density at radius 3 is 1.07 bits per heavy atom. The zero-order valence-corrected chi connectivity index (χ0v) is 27.5. The monoisotopic (exact) mass is 738 g/mol. The molecule has 0 aliphatic carbocycles. The Bertz CT molecular complexity index is 2250. The number of nitrogens with zero attached hydrogens (tertiary/aromatic N) is 2. The third-order valence-electron chi connectivity index (χ3n) is 8.72. The number of anilines is 4. The molecule has 5 aromatic rings. The van der Waals surface area contributed by atoms with Gasteiger partial charge in [-0.2, -0.15) is 26.3 Å². The number of hydrogen-bond donors (Lipinski definition) is 2. The zero-order valence-electron chi connectivity index (χ0n) is 27.5. The number of hydrogen-bond acceptors (Lipinski definition) is 6. The number of rotatable bonds is 6. The van der Waals surface area contributed by atoms with E-state index in [0.29, 0.717) is 21.2 Å². The third kappa shape index (κ3) is 6.38. The molecule has 0 saturated carbocycles. The first kappa shape index (κ1) is 35.4. The van der Waals surface area contributed by atoms with Gasteiger partial charge in [0.05, 0.1) is 33.6 Å². The van der Waals surface area contributed by atoms with Gasteiger partial charge < -0.3 is 10.6 Å². The number of nitrogens with one attached hydrogen (secondary N) is 2. The Morgan fingerprint density at radius 1 is 0.407 bits per heavy atom. The Kier molecular flexibility index (Phi) is 8.89. The van der Waals surface area contributed by atoms with Crippen LogP contribution in [0, 0.1) is 0 Å². The van der Waals surface area contributed by atoms with Gasteiger partial charge >= 0.3 is 12.4 Å². The van der Waals surface area contributed by atoms with Crippen molar-refractivity contribution < 1.29 is 45.5 Å². The fraction of sp³-hybridized carbons (Fsp3) is 0.0500. The van der Waals surface area contributed by atoms with Crippen LogP contribution < -0.4 is 20.4 Å². The normalized spacial score (nSPS) is 16.1. The molecule has 0 atom stereocenters. The van der Waals surface area contributed by atoms with E-state index < -0.39 is 58.5 Å². The van der Waals surface area contributed by atoms with Crippen molar-refractivity contribution in [3.63, 3.8) is 0 Å². The summed E-state index contributed by atoms with van der Waals surface area (Å²) >= 11 is 0. The molecular formula is C40H24F6N4O4. The van der Waals surface area contributed by atoms with Crippen molar-refractivity contribution in [2.24, 2.45) is 0 Å². The standard InChI is InChI=1S/C40H24F6N4O4/c41-39(42,43)31-13-5-7-15-33(31)49-35(51)27-11-3-1-9-25(27)29(37(49)53)21-47-23-17-19-24(20-18-23)48-22-30-26-10-2-4-12-28(26)36(52)50(38(30)54)34-16-8-6-14-32(34)40(44,45)46/h1-22,47-48H. The molecule has 0 fully saturated rings. The minimum atomic E-state index is -4.84. The molecule has 2 N–H and O–H groups in total. The fourth-order valence-electron chi connectivity index (χ4n) is 6.21. The average molecular weight is 739 g/mol. The lowest BCUT2D eigenvalue weighted by Gasteiger charge is -2.30. The Hall–Kier alpha value is -6.96. The maximum atomic E-state index is 13.9. The van der Waals surface area contributed by atoms with Crippen LogP contribution in [-0.2, 0) is 21.9 Å². The van der Waals surface area contributed by atoms with Crippen LogP contribution in [0.1, 0.15) is 43.0 Å². The molecule has 7 rings (SSSR count). The molecule has 0 bridgehead atoms. The lowest BCUT2D eigenvalue weighted by molar-refractivity contribution is -0.138. The van der Waals surface area contributed by atoms with E-state index in [0.717, 1.165) is 36.4 Å². The van der Waals surface area contributed by atoms with Crippen molar-refractivity contribution in [1.29, 1.82) is 0 Å². The average Bonchev–Trinajstić information content (AvgIpc) is 3.15. The first-order valence-corrected chi connectivity index (χ1v) is 16.1. The van der Waals surface area contributed by atoms with Gasteiger partial charge in [0, 0.05) is 46.0 Å². The predicted octanol–water partition coefficient (Wildman–Crippen LogP) is 9.00. The van der Waals surface area contributed by atoms with E-state index in [1.54, 1.807) is 36.4 Å². The maximum absolute atomic E-state index is 13.9. The zero-order chi connectivity index (χ0) is 38.4. The quantitative estimate of drug-likeness (QED) is 0.103. The number of para-hydroxylation sites is 2. The molecule has 0 saturated heterocycles. The lowest BCUT2D eigenvalue weighted by Crippen LogP contribution is -2.43. The number of carbonyl (C=O) groups is 4. The molecule has 270 valence electrons. The van der Waals surface area contributed by atoms with Gasteiger partial charge in [0.25, 0.3) is 23.6 Å². The third-order valence-corrected chi connectivity index (χ3v) is 8.72. The molecule has 8 nitrogen and oxygen atoms in total.